The Kier molecular flexibility index (Phi) is 6.31. The minimum absolute atomic E-state index is 0. The lowest BCUT2D eigenvalue weighted by atomic mass is 10.4. The molecule has 1 N–H and O–H groups in total. The summed E-state index contributed by atoms with van der Waals surface area (Å²) < 4.78 is 0. The summed E-state index contributed by atoms with van der Waals surface area (Å²) >= 11 is 3.40. The molecular formula is C10H14Cl2N4S2. The molecule has 18 heavy (non-hydrogen) atoms. The Bertz CT molecular complexity index is 454. The van der Waals surface area contributed by atoms with Crippen molar-refractivity contribution in [3.63, 3.8) is 0 Å². The van der Waals surface area contributed by atoms with E-state index in [-0.39, 0.29) is 24.8 Å². The molecule has 1 aliphatic heterocycles. The van der Waals surface area contributed by atoms with Crippen molar-refractivity contribution in [2.45, 2.75) is 0 Å². The average Bonchev–Trinajstić information content (AvgIpc) is 3.01. The van der Waals surface area contributed by atoms with Crippen molar-refractivity contribution in [1.82, 2.24) is 15.5 Å². The first-order valence-electron chi connectivity index (χ1n) is 5.26. The van der Waals surface area contributed by atoms with Crippen LogP contribution in [0.4, 0.5) is 5.13 Å². The molecule has 4 nitrogen and oxygen atoms in total. The molecule has 0 radical (unpaired) electrons. The van der Waals surface area contributed by atoms with Gasteiger partial charge in [0.2, 0.25) is 5.13 Å². The lowest BCUT2D eigenvalue weighted by molar-refractivity contribution is 0.587. The first kappa shape index (κ1) is 15.7. The van der Waals surface area contributed by atoms with Gasteiger partial charge in [-0.1, -0.05) is 17.4 Å². The minimum Gasteiger partial charge on any atom is -0.344 e. The first-order valence-corrected chi connectivity index (χ1v) is 6.96. The zero-order valence-corrected chi connectivity index (χ0v) is 12.8. The summed E-state index contributed by atoms with van der Waals surface area (Å²) in [5.74, 6) is 0. The minimum atomic E-state index is 0. The number of halogens is 2. The van der Waals surface area contributed by atoms with Gasteiger partial charge in [-0.05, 0) is 11.4 Å². The van der Waals surface area contributed by atoms with Crippen LogP contribution in [-0.2, 0) is 0 Å². The van der Waals surface area contributed by atoms with Gasteiger partial charge in [-0.3, -0.25) is 0 Å². The highest BCUT2D eigenvalue weighted by Gasteiger charge is 2.15. The lowest BCUT2D eigenvalue weighted by Crippen LogP contribution is -2.43. The molecule has 0 unspecified atom stereocenters. The van der Waals surface area contributed by atoms with Gasteiger partial charge in [0.15, 0.2) is 5.01 Å². The molecule has 0 spiro atoms. The van der Waals surface area contributed by atoms with Gasteiger partial charge in [-0.15, -0.1) is 46.3 Å². The summed E-state index contributed by atoms with van der Waals surface area (Å²) in [5.41, 5.74) is 0. The summed E-state index contributed by atoms with van der Waals surface area (Å²) in [4.78, 5) is 3.50. The Morgan fingerprint density at radius 2 is 1.94 bits per heavy atom. The predicted molar refractivity (Wildman–Crippen MR) is 82.8 cm³/mol. The van der Waals surface area contributed by atoms with Crippen LogP contribution in [0, 0.1) is 0 Å². The van der Waals surface area contributed by atoms with Crippen LogP contribution in [0.5, 0.6) is 0 Å². The van der Waals surface area contributed by atoms with Gasteiger partial charge in [0.1, 0.15) is 0 Å². The normalized spacial score (nSPS) is 14.8. The third kappa shape index (κ3) is 3.33. The van der Waals surface area contributed by atoms with E-state index in [2.05, 4.69) is 31.9 Å². The van der Waals surface area contributed by atoms with Crippen LogP contribution in [-0.4, -0.2) is 36.4 Å². The molecular weight excluding hydrogens is 311 g/mol. The largest absolute Gasteiger partial charge is 0.344 e. The van der Waals surface area contributed by atoms with Gasteiger partial charge in [0, 0.05) is 26.2 Å². The van der Waals surface area contributed by atoms with E-state index in [1.807, 2.05) is 6.07 Å². The van der Waals surface area contributed by atoms with Crippen molar-refractivity contribution in [3.8, 4) is 9.88 Å². The molecule has 3 rings (SSSR count). The van der Waals surface area contributed by atoms with E-state index in [0.717, 1.165) is 36.3 Å². The van der Waals surface area contributed by atoms with Crippen molar-refractivity contribution in [3.05, 3.63) is 17.5 Å². The SMILES string of the molecule is Cl.Cl.c1csc(-c2nnc(N3CCNCC3)s2)c1. The van der Waals surface area contributed by atoms with Crippen LogP contribution < -0.4 is 10.2 Å². The van der Waals surface area contributed by atoms with Gasteiger partial charge >= 0.3 is 0 Å². The maximum atomic E-state index is 4.27. The van der Waals surface area contributed by atoms with Crippen LogP contribution in [0.25, 0.3) is 9.88 Å². The number of hydrogen-bond acceptors (Lipinski definition) is 6. The second-order valence-electron chi connectivity index (χ2n) is 3.60. The number of anilines is 1. The maximum Gasteiger partial charge on any atom is 0.208 e. The topological polar surface area (TPSA) is 41.1 Å². The molecule has 1 saturated heterocycles. The number of rotatable bonds is 2. The van der Waals surface area contributed by atoms with E-state index in [9.17, 15) is 0 Å². The van der Waals surface area contributed by atoms with E-state index in [1.165, 1.54) is 4.88 Å². The highest BCUT2D eigenvalue weighted by atomic mass is 35.5. The molecule has 3 heterocycles. The summed E-state index contributed by atoms with van der Waals surface area (Å²) in [6.07, 6.45) is 0. The fourth-order valence-electron chi connectivity index (χ4n) is 1.70. The number of nitrogens with one attached hydrogen (secondary N) is 1. The van der Waals surface area contributed by atoms with Gasteiger partial charge in [0.05, 0.1) is 4.88 Å². The van der Waals surface area contributed by atoms with Crippen LogP contribution in [0.3, 0.4) is 0 Å². The van der Waals surface area contributed by atoms with Crippen LogP contribution in [0.1, 0.15) is 0 Å². The number of thiophene rings is 1. The lowest BCUT2D eigenvalue weighted by Gasteiger charge is -2.26. The van der Waals surface area contributed by atoms with Crippen molar-refractivity contribution in [2.75, 3.05) is 31.1 Å². The molecule has 1 fully saturated rings. The molecule has 0 amide bonds. The van der Waals surface area contributed by atoms with Gasteiger partial charge < -0.3 is 10.2 Å². The summed E-state index contributed by atoms with van der Waals surface area (Å²) in [7, 11) is 0. The van der Waals surface area contributed by atoms with Crippen LogP contribution in [0.15, 0.2) is 17.5 Å². The second-order valence-corrected chi connectivity index (χ2v) is 5.51. The van der Waals surface area contributed by atoms with E-state index >= 15 is 0 Å². The Hall–Kier alpha value is -0.400. The highest BCUT2D eigenvalue weighted by Crippen LogP contribution is 2.31. The van der Waals surface area contributed by atoms with Crippen molar-refractivity contribution in [2.24, 2.45) is 0 Å². The highest BCUT2D eigenvalue weighted by molar-refractivity contribution is 7.22. The van der Waals surface area contributed by atoms with E-state index < -0.39 is 0 Å². The molecule has 0 aliphatic carbocycles. The Labute approximate surface area is 126 Å². The van der Waals surface area contributed by atoms with E-state index in [4.69, 9.17) is 0 Å². The van der Waals surface area contributed by atoms with Crippen LogP contribution in [0.2, 0.25) is 0 Å². The molecule has 0 atom stereocenters. The molecule has 2 aromatic rings. The van der Waals surface area contributed by atoms with Crippen LogP contribution >= 0.6 is 47.5 Å². The Morgan fingerprint density at radius 1 is 1.17 bits per heavy atom. The smallest absolute Gasteiger partial charge is 0.208 e. The molecule has 0 saturated carbocycles. The predicted octanol–water partition coefficient (Wildman–Crippen LogP) is 2.52. The monoisotopic (exact) mass is 324 g/mol. The quantitative estimate of drug-likeness (QED) is 0.921. The summed E-state index contributed by atoms with van der Waals surface area (Å²) in [6, 6.07) is 4.14. The Balaban J connectivity index is 0.000000810. The average molecular weight is 325 g/mol. The summed E-state index contributed by atoms with van der Waals surface area (Å²) in [6.45, 7) is 4.12. The third-order valence-corrected chi connectivity index (χ3v) is 4.56. The third-order valence-electron chi connectivity index (χ3n) is 2.53. The number of nitrogens with zero attached hydrogens (tertiary/aromatic N) is 3. The van der Waals surface area contributed by atoms with Crippen molar-refractivity contribution >= 4 is 52.6 Å². The maximum absolute atomic E-state index is 4.27. The Morgan fingerprint density at radius 3 is 2.61 bits per heavy atom. The fraction of sp³-hybridized carbons (Fsp3) is 0.400. The molecule has 0 bridgehead atoms. The van der Waals surface area contributed by atoms with Crippen molar-refractivity contribution in [1.29, 1.82) is 0 Å². The number of hydrogen-bond donors (Lipinski definition) is 1. The fourth-order valence-corrected chi connectivity index (χ4v) is 3.39. The van der Waals surface area contributed by atoms with Gasteiger partial charge in [0.25, 0.3) is 0 Å². The van der Waals surface area contributed by atoms with Gasteiger partial charge in [-0.2, -0.15) is 0 Å². The molecule has 2 aromatic heterocycles. The van der Waals surface area contributed by atoms with Crippen molar-refractivity contribution < 1.29 is 0 Å². The van der Waals surface area contributed by atoms with Gasteiger partial charge in [-0.25, -0.2) is 0 Å². The number of piperazine rings is 1. The molecule has 0 aromatic carbocycles. The first-order chi connectivity index (χ1) is 7.93. The summed E-state index contributed by atoms with van der Waals surface area (Å²) in [5, 5.41) is 16.0. The standard InChI is InChI=1S/C10H12N4S2.2ClH/c1-2-8(15-7-1)9-12-13-10(16-9)14-5-3-11-4-6-14;;/h1-2,7,11H,3-6H2;2*1H. The zero-order valence-electron chi connectivity index (χ0n) is 9.54. The second kappa shape index (κ2) is 7.25. The number of aromatic nitrogens is 2. The van der Waals surface area contributed by atoms with E-state index in [1.54, 1.807) is 22.7 Å². The molecule has 8 heteroatoms. The molecule has 100 valence electrons. The van der Waals surface area contributed by atoms with E-state index in [0.29, 0.717) is 0 Å². The molecule has 1 aliphatic rings. The zero-order chi connectivity index (χ0) is 10.8.